The number of benzene rings is 3. The third kappa shape index (κ3) is 4.81. The van der Waals surface area contributed by atoms with Gasteiger partial charge in [0.15, 0.2) is 17.3 Å². The van der Waals surface area contributed by atoms with Crippen molar-refractivity contribution in [2.45, 2.75) is 6.92 Å². The molecule has 0 saturated heterocycles. The summed E-state index contributed by atoms with van der Waals surface area (Å²) in [4.78, 5) is 18.0. The van der Waals surface area contributed by atoms with E-state index in [-0.39, 0.29) is 5.56 Å². The second-order valence-electron chi connectivity index (χ2n) is 7.04. The minimum atomic E-state index is -0.266. The second kappa shape index (κ2) is 10.1. The van der Waals surface area contributed by atoms with E-state index in [2.05, 4.69) is 11.7 Å². The summed E-state index contributed by atoms with van der Waals surface area (Å²) in [5.41, 5.74) is 1.77. The van der Waals surface area contributed by atoms with E-state index < -0.39 is 0 Å². The lowest BCUT2D eigenvalue weighted by Crippen LogP contribution is -2.20. The van der Waals surface area contributed by atoms with Crippen molar-refractivity contribution >= 4 is 28.7 Å². The number of ether oxygens (including phenoxy) is 2. The van der Waals surface area contributed by atoms with E-state index in [1.165, 1.54) is 4.68 Å². The maximum atomic E-state index is 13.3. The van der Waals surface area contributed by atoms with E-state index in [1.807, 2.05) is 49.4 Å². The number of halogens is 1. The highest BCUT2D eigenvalue weighted by atomic mass is 35.5. The molecule has 0 aliphatic rings. The van der Waals surface area contributed by atoms with Gasteiger partial charge in [-0.05, 0) is 36.8 Å². The number of fused-ring (bicyclic) bond motifs is 1. The molecule has 0 unspecified atom stereocenters. The molecule has 0 radical (unpaired) electrons. The van der Waals surface area contributed by atoms with Gasteiger partial charge in [-0.1, -0.05) is 66.7 Å². The maximum absolute atomic E-state index is 13.3. The van der Waals surface area contributed by atoms with Gasteiger partial charge in [-0.2, -0.15) is 9.78 Å². The quantitative estimate of drug-likeness (QED) is 0.255. The van der Waals surface area contributed by atoms with E-state index in [0.717, 1.165) is 5.56 Å². The van der Waals surface area contributed by atoms with Crippen LogP contribution in [0.25, 0.3) is 22.3 Å². The normalized spacial score (nSPS) is 11.1. The monoisotopic (exact) mass is 459 g/mol. The molecule has 0 spiro atoms. The van der Waals surface area contributed by atoms with E-state index in [4.69, 9.17) is 26.1 Å². The molecule has 4 aromatic rings. The Kier molecular flexibility index (Phi) is 6.86. The fraction of sp³-hybridized carbons (Fsp3) is 0.115. The molecule has 0 amide bonds. The number of hydrogen-bond donors (Lipinski definition) is 0. The highest BCUT2D eigenvalue weighted by Crippen LogP contribution is 2.36. The Morgan fingerprint density at radius 2 is 1.85 bits per heavy atom. The Morgan fingerprint density at radius 1 is 1.09 bits per heavy atom. The Bertz CT molecular complexity index is 1380. The average molecular weight is 460 g/mol. The van der Waals surface area contributed by atoms with Gasteiger partial charge < -0.3 is 9.47 Å². The Labute approximate surface area is 196 Å². The first kappa shape index (κ1) is 22.3. The van der Waals surface area contributed by atoms with E-state index in [9.17, 15) is 4.79 Å². The summed E-state index contributed by atoms with van der Waals surface area (Å²) in [5, 5.41) is 5.34. The van der Waals surface area contributed by atoms with Crippen LogP contribution in [-0.2, 0) is 0 Å². The van der Waals surface area contributed by atoms with Crippen molar-refractivity contribution in [1.82, 2.24) is 9.66 Å². The molecular weight excluding hydrogens is 438 g/mol. The number of para-hydroxylation sites is 1. The lowest BCUT2D eigenvalue weighted by atomic mass is 10.2. The minimum Gasteiger partial charge on any atom is -0.490 e. The lowest BCUT2D eigenvalue weighted by Gasteiger charge is -2.13. The number of aromatic nitrogens is 2. The molecule has 7 heteroatoms. The molecule has 0 atom stereocenters. The van der Waals surface area contributed by atoms with Crippen molar-refractivity contribution in [3.05, 3.63) is 100 Å². The molecule has 1 heterocycles. The van der Waals surface area contributed by atoms with Crippen molar-refractivity contribution in [1.29, 1.82) is 0 Å². The van der Waals surface area contributed by atoms with Crippen LogP contribution in [0.5, 0.6) is 11.5 Å². The van der Waals surface area contributed by atoms with Crippen molar-refractivity contribution in [3.8, 4) is 22.9 Å². The zero-order valence-corrected chi connectivity index (χ0v) is 18.8. The van der Waals surface area contributed by atoms with Gasteiger partial charge in [0, 0.05) is 5.56 Å². The molecule has 0 saturated carbocycles. The summed E-state index contributed by atoms with van der Waals surface area (Å²) < 4.78 is 12.6. The van der Waals surface area contributed by atoms with Gasteiger partial charge in [-0.25, -0.2) is 4.98 Å². The molecular formula is C26H22ClN3O3. The van der Waals surface area contributed by atoms with Crippen molar-refractivity contribution < 1.29 is 9.47 Å². The molecule has 33 heavy (non-hydrogen) atoms. The summed E-state index contributed by atoms with van der Waals surface area (Å²) >= 11 is 6.44. The van der Waals surface area contributed by atoms with Crippen molar-refractivity contribution in [2.24, 2.45) is 5.10 Å². The standard InChI is InChI=1S/C26H22ClN3O3/c1-3-14-33-24-21(27)15-18(16-23(24)32-4-2)17-28-30-25(19-10-6-5-7-11-19)29-22-13-9-8-12-20(22)26(30)31/h3,5-13,15-17H,1,4,14H2,2H3. The SMILES string of the molecule is C=CCOc1c(Cl)cc(C=Nn2c(-c3ccccc3)nc3ccccc3c2=O)cc1OCC. The van der Waals surface area contributed by atoms with E-state index in [1.54, 1.807) is 36.6 Å². The van der Waals surface area contributed by atoms with E-state index in [0.29, 0.717) is 52.0 Å². The molecule has 0 aliphatic carbocycles. The van der Waals surface area contributed by atoms with Gasteiger partial charge in [0.05, 0.1) is 28.7 Å². The summed E-state index contributed by atoms with van der Waals surface area (Å²) in [7, 11) is 0. The molecule has 6 nitrogen and oxygen atoms in total. The van der Waals surface area contributed by atoms with Crippen LogP contribution < -0.4 is 15.0 Å². The Hall–Kier alpha value is -3.90. The molecule has 1 aromatic heterocycles. The highest BCUT2D eigenvalue weighted by molar-refractivity contribution is 6.32. The van der Waals surface area contributed by atoms with Crippen LogP contribution in [0.1, 0.15) is 12.5 Å². The van der Waals surface area contributed by atoms with Gasteiger partial charge in [-0.15, -0.1) is 0 Å². The Morgan fingerprint density at radius 3 is 2.61 bits per heavy atom. The van der Waals surface area contributed by atoms with Gasteiger partial charge >= 0.3 is 0 Å². The molecule has 3 aromatic carbocycles. The number of nitrogens with zero attached hydrogens (tertiary/aromatic N) is 3. The molecule has 0 bridgehead atoms. The van der Waals surface area contributed by atoms with Gasteiger partial charge in [-0.3, -0.25) is 4.79 Å². The predicted molar refractivity (Wildman–Crippen MR) is 133 cm³/mol. The first-order valence-corrected chi connectivity index (χ1v) is 10.8. The minimum absolute atomic E-state index is 0.266. The fourth-order valence-corrected chi connectivity index (χ4v) is 3.61. The van der Waals surface area contributed by atoms with Crippen molar-refractivity contribution in [2.75, 3.05) is 13.2 Å². The zero-order chi connectivity index (χ0) is 23.2. The summed E-state index contributed by atoms with van der Waals surface area (Å²) in [6.07, 6.45) is 3.18. The summed E-state index contributed by atoms with van der Waals surface area (Å²) in [6.45, 7) is 6.27. The predicted octanol–water partition coefficient (Wildman–Crippen LogP) is 5.56. The van der Waals surface area contributed by atoms with Crippen LogP contribution in [0.4, 0.5) is 0 Å². The third-order valence-corrected chi connectivity index (χ3v) is 5.07. The summed E-state index contributed by atoms with van der Waals surface area (Å²) in [6, 6.07) is 20.1. The second-order valence-corrected chi connectivity index (χ2v) is 7.45. The largest absolute Gasteiger partial charge is 0.490 e. The number of hydrogen-bond acceptors (Lipinski definition) is 5. The van der Waals surface area contributed by atoms with Crippen molar-refractivity contribution in [3.63, 3.8) is 0 Å². The fourth-order valence-electron chi connectivity index (χ4n) is 3.34. The van der Waals surface area contributed by atoms with Crippen LogP contribution in [0.15, 0.2) is 89.3 Å². The van der Waals surface area contributed by atoms with Crippen LogP contribution in [0, 0.1) is 0 Å². The van der Waals surface area contributed by atoms with Crippen LogP contribution in [0.3, 0.4) is 0 Å². The topological polar surface area (TPSA) is 65.7 Å². The lowest BCUT2D eigenvalue weighted by molar-refractivity contribution is 0.297. The summed E-state index contributed by atoms with van der Waals surface area (Å²) in [5.74, 6) is 1.36. The first-order valence-electron chi connectivity index (χ1n) is 10.4. The molecule has 166 valence electrons. The first-order chi connectivity index (χ1) is 16.1. The van der Waals surface area contributed by atoms with Crippen LogP contribution >= 0.6 is 11.6 Å². The Balaban J connectivity index is 1.83. The van der Waals surface area contributed by atoms with Crippen LogP contribution in [-0.4, -0.2) is 29.1 Å². The maximum Gasteiger partial charge on any atom is 0.282 e. The third-order valence-electron chi connectivity index (χ3n) is 4.79. The molecule has 0 fully saturated rings. The van der Waals surface area contributed by atoms with Gasteiger partial charge in [0.2, 0.25) is 0 Å². The van der Waals surface area contributed by atoms with Crippen LogP contribution in [0.2, 0.25) is 5.02 Å². The highest BCUT2D eigenvalue weighted by Gasteiger charge is 2.14. The van der Waals surface area contributed by atoms with Gasteiger partial charge in [0.1, 0.15) is 6.61 Å². The molecule has 0 N–H and O–H groups in total. The molecule has 4 rings (SSSR count). The average Bonchev–Trinajstić information content (AvgIpc) is 2.83. The zero-order valence-electron chi connectivity index (χ0n) is 18.1. The van der Waals surface area contributed by atoms with Gasteiger partial charge in [0.25, 0.3) is 5.56 Å². The van der Waals surface area contributed by atoms with E-state index >= 15 is 0 Å². The molecule has 0 aliphatic heterocycles. The number of rotatable bonds is 8. The smallest absolute Gasteiger partial charge is 0.282 e.